The lowest BCUT2D eigenvalue weighted by Crippen LogP contribution is -2.13. The van der Waals surface area contributed by atoms with Gasteiger partial charge >= 0.3 is 5.97 Å². The van der Waals surface area contributed by atoms with Crippen molar-refractivity contribution in [3.05, 3.63) is 27.5 Å². The number of hydrogen-bond donors (Lipinski definition) is 1. The van der Waals surface area contributed by atoms with Gasteiger partial charge in [-0.15, -0.1) is 0 Å². The van der Waals surface area contributed by atoms with Crippen LogP contribution in [0.3, 0.4) is 0 Å². The van der Waals surface area contributed by atoms with Crippen molar-refractivity contribution in [1.29, 1.82) is 0 Å². The molecule has 1 aromatic rings. The van der Waals surface area contributed by atoms with Crippen molar-refractivity contribution in [1.82, 2.24) is 0 Å². The summed E-state index contributed by atoms with van der Waals surface area (Å²) in [6.45, 7) is 0. The summed E-state index contributed by atoms with van der Waals surface area (Å²) < 4.78 is 42.7. The van der Waals surface area contributed by atoms with Crippen LogP contribution in [0.4, 0.5) is 18.9 Å². The Morgan fingerprint density at radius 1 is 1.27 bits per heavy atom. The third-order valence-corrected chi connectivity index (χ3v) is 2.39. The van der Waals surface area contributed by atoms with Crippen LogP contribution in [0.25, 0.3) is 0 Å². The molecule has 15 heavy (non-hydrogen) atoms. The highest BCUT2D eigenvalue weighted by Gasteiger charge is 2.26. The van der Waals surface area contributed by atoms with Gasteiger partial charge in [-0.25, -0.2) is 18.0 Å². The van der Waals surface area contributed by atoms with E-state index < -0.39 is 39.1 Å². The van der Waals surface area contributed by atoms with Crippen molar-refractivity contribution in [2.24, 2.45) is 0 Å². The molecule has 0 saturated carbocycles. The van der Waals surface area contributed by atoms with Gasteiger partial charge in [0.25, 0.3) is 0 Å². The number of nitrogens with two attached hydrogens (primary N) is 1. The zero-order valence-electron chi connectivity index (χ0n) is 7.41. The second kappa shape index (κ2) is 4.09. The van der Waals surface area contributed by atoms with Crippen molar-refractivity contribution in [3.8, 4) is 0 Å². The zero-order valence-corrected chi connectivity index (χ0v) is 8.99. The van der Waals surface area contributed by atoms with Crippen LogP contribution >= 0.6 is 15.9 Å². The number of benzene rings is 1. The number of esters is 1. The van der Waals surface area contributed by atoms with E-state index in [2.05, 4.69) is 20.7 Å². The monoisotopic (exact) mass is 283 g/mol. The summed E-state index contributed by atoms with van der Waals surface area (Å²) >= 11 is 2.46. The number of rotatable bonds is 1. The van der Waals surface area contributed by atoms with E-state index in [1.54, 1.807) is 0 Å². The first-order valence-electron chi connectivity index (χ1n) is 3.61. The highest BCUT2D eigenvalue weighted by atomic mass is 79.9. The maximum atomic E-state index is 13.2. The van der Waals surface area contributed by atoms with Crippen molar-refractivity contribution < 1.29 is 22.7 Å². The fraction of sp³-hybridized carbons (Fsp3) is 0.125. The minimum atomic E-state index is -1.55. The predicted molar refractivity (Wildman–Crippen MR) is 49.8 cm³/mol. The average Bonchev–Trinajstić information content (AvgIpc) is 2.23. The lowest BCUT2D eigenvalue weighted by Gasteiger charge is -2.08. The number of ether oxygens (including phenoxy) is 1. The minimum Gasteiger partial charge on any atom is -0.465 e. The first-order chi connectivity index (χ1) is 6.91. The van der Waals surface area contributed by atoms with Gasteiger partial charge in [-0.1, -0.05) is 0 Å². The molecule has 0 aliphatic carbocycles. The summed E-state index contributed by atoms with van der Waals surface area (Å²) in [6.07, 6.45) is 0. The lowest BCUT2D eigenvalue weighted by atomic mass is 10.1. The van der Waals surface area contributed by atoms with Gasteiger partial charge < -0.3 is 10.5 Å². The highest BCUT2D eigenvalue weighted by molar-refractivity contribution is 9.10. The molecular weight excluding hydrogens is 279 g/mol. The highest BCUT2D eigenvalue weighted by Crippen LogP contribution is 2.31. The average molecular weight is 284 g/mol. The van der Waals surface area contributed by atoms with Crippen LogP contribution in [0, 0.1) is 17.5 Å². The van der Waals surface area contributed by atoms with E-state index in [1.807, 2.05) is 0 Å². The molecule has 2 N–H and O–H groups in total. The molecule has 0 aliphatic rings. The molecular formula is C8H5BrF3NO2. The van der Waals surface area contributed by atoms with Crippen LogP contribution in [0.5, 0.6) is 0 Å². The molecule has 0 heterocycles. The number of carbonyl (C=O) groups excluding carboxylic acids is 1. The molecule has 0 bridgehead atoms. The van der Waals surface area contributed by atoms with E-state index >= 15 is 0 Å². The van der Waals surface area contributed by atoms with Gasteiger partial charge in [-0.2, -0.15) is 0 Å². The summed E-state index contributed by atoms with van der Waals surface area (Å²) in [5.74, 6) is -5.56. The Kier molecular flexibility index (Phi) is 3.23. The van der Waals surface area contributed by atoms with Gasteiger partial charge in [0.15, 0.2) is 17.5 Å². The first-order valence-corrected chi connectivity index (χ1v) is 4.40. The van der Waals surface area contributed by atoms with Crippen molar-refractivity contribution in [3.63, 3.8) is 0 Å². The number of anilines is 1. The van der Waals surface area contributed by atoms with Crippen LogP contribution in [-0.2, 0) is 4.74 Å². The molecule has 0 aromatic heterocycles. The van der Waals surface area contributed by atoms with E-state index in [4.69, 9.17) is 5.73 Å². The zero-order chi connectivity index (χ0) is 11.7. The standard InChI is InChI=1S/C8H5BrF3NO2/c1-15-8(14)2-4(10)5(11)3(9)6(12)7(2)13/h13H2,1H3. The Balaban J connectivity index is 3.60. The summed E-state index contributed by atoms with van der Waals surface area (Å²) in [6, 6.07) is 0. The Hall–Kier alpha value is -1.24. The molecule has 0 fully saturated rings. The number of hydrogen-bond acceptors (Lipinski definition) is 3. The maximum absolute atomic E-state index is 13.2. The molecule has 82 valence electrons. The van der Waals surface area contributed by atoms with E-state index in [9.17, 15) is 18.0 Å². The molecule has 0 radical (unpaired) electrons. The summed E-state index contributed by atoms with van der Waals surface area (Å²) in [5, 5.41) is 0. The molecule has 0 spiro atoms. The third kappa shape index (κ3) is 1.79. The van der Waals surface area contributed by atoms with Crippen LogP contribution in [0.15, 0.2) is 4.47 Å². The largest absolute Gasteiger partial charge is 0.465 e. The Bertz CT molecular complexity index is 407. The Morgan fingerprint density at radius 2 is 1.80 bits per heavy atom. The molecule has 0 unspecified atom stereocenters. The van der Waals surface area contributed by atoms with Crippen LogP contribution < -0.4 is 5.73 Å². The SMILES string of the molecule is COC(=O)c1c(N)c(F)c(Br)c(F)c1F. The third-order valence-electron chi connectivity index (χ3n) is 1.69. The number of carbonyl (C=O) groups is 1. The molecule has 3 nitrogen and oxygen atoms in total. The fourth-order valence-electron chi connectivity index (χ4n) is 0.950. The van der Waals surface area contributed by atoms with Crippen LogP contribution in [0.2, 0.25) is 0 Å². The van der Waals surface area contributed by atoms with E-state index in [-0.39, 0.29) is 0 Å². The Labute approximate surface area is 91.1 Å². The van der Waals surface area contributed by atoms with E-state index in [0.717, 1.165) is 7.11 Å². The number of nitrogen functional groups attached to an aromatic ring is 1. The quantitative estimate of drug-likeness (QED) is 0.372. The van der Waals surface area contributed by atoms with Gasteiger partial charge in [0.05, 0.1) is 17.3 Å². The summed E-state index contributed by atoms with van der Waals surface area (Å²) in [7, 11) is 0.944. The topological polar surface area (TPSA) is 52.3 Å². The van der Waals surface area contributed by atoms with Gasteiger partial charge in [0, 0.05) is 0 Å². The van der Waals surface area contributed by atoms with Gasteiger partial charge in [-0.05, 0) is 15.9 Å². The molecule has 0 aliphatic heterocycles. The molecule has 1 aromatic carbocycles. The Morgan fingerprint density at radius 3 is 2.27 bits per heavy atom. The second-order valence-corrected chi connectivity index (χ2v) is 3.33. The van der Waals surface area contributed by atoms with Crippen molar-refractivity contribution in [2.75, 3.05) is 12.8 Å². The van der Waals surface area contributed by atoms with Crippen molar-refractivity contribution in [2.45, 2.75) is 0 Å². The van der Waals surface area contributed by atoms with Gasteiger partial charge in [0.2, 0.25) is 0 Å². The minimum absolute atomic E-state index is 0.759. The van der Waals surface area contributed by atoms with Gasteiger partial charge in [0.1, 0.15) is 5.56 Å². The molecule has 1 rings (SSSR count). The van der Waals surface area contributed by atoms with Crippen LogP contribution in [-0.4, -0.2) is 13.1 Å². The normalized spacial score (nSPS) is 10.2. The second-order valence-electron chi connectivity index (χ2n) is 2.54. The molecule has 0 saturated heterocycles. The lowest BCUT2D eigenvalue weighted by molar-refractivity contribution is 0.0595. The summed E-state index contributed by atoms with van der Waals surface area (Å²) in [5.41, 5.74) is 3.37. The number of halogens is 4. The molecule has 0 atom stereocenters. The number of methoxy groups -OCH3 is 1. The predicted octanol–water partition coefficient (Wildman–Crippen LogP) is 2.24. The molecule has 7 heteroatoms. The fourth-order valence-corrected chi connectivity index (χ4v) is 1.34. The van der Waals surface area contributed by atoms with Gasteiger partial charge in [-0.3, -0.25) is 0 Å². The molecule has 0 amide bonds. The van der Waals surface area contributed by atoms with Crippen molar-refractivity contribution >= 4 is 27.6 Å². The maximum Gasteiger partial charge on any atom is 0.343 e. The first kappa shape index (κ1) is 11.8. The van der Waals surface area contributed by atoms with Crippen LogP contribution in [0.1, 0.15) is 10.4 Å². The van der Waals surface area contributed by atoms with E-state index in [0.29, 0.717) is 0 Å². The smallest absolute Gasteiger partial charge is 0.343 e. The summed E-state index contributed by atoms with van der Waals surface area (Å²) in [4.78, 5) is 11.0. The van der Waals surface area contributed by atoms with E-state index in [1.165, 1.54) is 0 Å².